The molecule has 0 aliphatic heterocycles. The van der Waals surface area contributed by atoms with Crippen LogP contribution >= 0.6 is 11.8 Å². The van der Waals surface area contributed by atoms with E-state index in [2.05, 4.69) is 27.7 Å². The van der Waals surface area contributed by atoms with E-state index in [4.69, 9.17) is 4.74 Å². The van der Waals surface area contributed by atoms with E-state index in [9.17, 15) is 0 Å². The Morgan fingerprint density at radius 2 is 2.11 bits per heavy atom. The van der Waals surface area contributed by atoms with Gasteiger partial charge in [-0.15, -0.1) is 5.10 Å². The molecule has 6 heteroatoms. The molecule has 100 valence electrons. The van der Waals surface area contributed by atoms with Gasteiger partial charge in [0.05, 0.1) is 13.2 Å². The second kappa shape index (κ2) is 5.61. The van der Waals surface area contributed by atoms with E-state index in [0.29, 0.717) is 6.04 Å². The van der Waals surface area contributed by atoms with Crippen LogP contribution < -0.4 is 4.74 Å². The number of aryl methyl sites for hydroxylation is 1. The lowest BCUT2D eigenvalue weighted by molar-refractivity contribution is 0.414. The van der Waals surface area contributed by atoms with Gasteiger partial charge < -0.3 is 4.74 Å². The van der Waals surface area contributed by atoms with Crippen LogP contribution in [0.5, 0.6) is 5.75 Å². The van der Waals surface area contributed by atoms with Gasteiger partial charge in [0.2, 0.25) is 5.16 Å². The molecule has 1 aromatic carbocycles. The van der Waals surface area contributed by atoms with Gasteiger partial charge in [-0.1, -0.05) is 23.9 Å². The van der Waals surface area contributed by atoms with E-state index in [-0.39, 0.29) is 0 Å². The maximum absolute atomic E-state index is 5.15. The lowest BCUT2D eigenvalue weighted by atomic mass is 10.2. The molecule has 5 nitrogen and oxygen atoms in total. The quantitative estimate of drug-likeness (QED) is 0.758. The molecule has 0 saturated heterocycles. The standard InChI is InChI=1S/C13H16N4OS/c1-18-12-6-2-10(3-7-12)8-9-19-13-14-15-16-17(13)11-4-5-11/h2-3,6-7,11H,4-5,8-9H2,1H3. The first kappa shape index (κ1) is 12.5. The van der Waals surface area contributed by atoms with Crippen LogP contribution in [-0.2, 0) is 6.42 Å². The summed E-state index contributed by atoms with van der Waals surface area (Å²) in [6, 6.07) is 8.73. The number of ether oxygens (including phenoxy) is 1. The van der Waals surface area contributed by atoms with Crippen LogP contribution in [0, 0.1) is 0 Å². The Morgan fingerprint density at radius 1 is 1.32 bits per heavy atom. The van der Waals surface area contributed by atoms with Gasteiger partial charge in [0, 0.05) is 5.75 Å². The monoisotopic (exact) mass is 276 g/mol. The van der Waals surface area contributed by atoms with Crippen molar-refractivity contribution in [1.29, 1.82) is 0 Å². The summed E-state index contributed by atoms with van der Waals surface area (Å²) in [5.74, 6) is 1.88. The first-order valence-corrected chi connectivity index (χ1v) is 7.39. The minimum absolute atomic E-state index is 0.540. The summed E-state index contributed by atoms with van der Waals surface area (Å²) >= 11 is 1.72. The number of aromatic nitrogens is 4. The third kappa shape index (κ3) is 3.07. The molecule has 0 unspecified atom stereocenters. The van der Waals surface area contributed by atoms with E-state index in [1.54, 1.807) is 18.9 Å². The molecule has 1 aliphatic rings. The highest BCUT2D eigenvalue weighted by atomic mass is 32.2. The van der Waals surface area contributed by atoms with E-state index < -0.39 is 0 Å². The van der Waals surface area contributed by atoms with Crippen molar-refractivity contribution in [2.24, 2.45) is 0 Å². The fraction of sp³-hybridized carbons (Fsp3) is 0.462. The number of rotatable bonds is 6. The smallest absolute Gasteiger partial charge is 0.209 e. The highest BCUT2D eigenvalue weighted by molar-refractivity contribution is 7.99. The maximum Gasteiger partial charge on any atom is 0.209 e. The fourth-order valence-corrected chi connectivity index (χ4v) is 2.81. The zero-order valence-corrected chi connectivity index (χ0v) is 11.6. The molecule has 1 heterocycles. The Labute approximate surface area is 116 Å². The van der Waals surface area contributed by atoms with Crippen molar-refractivity contribution in [2.45, 2.75) is 30.5 Å². The predicted molar refractivity (Wildman–Crippen MR) is 73.5 cm³/mol. The molecule has 1 saturated carbocycles. The lowest BCUT2D eigenvalue weighted by Gasteiger charge is -2.04. The highest BCUT2D eigenvalue weighted by Crippen LogP contribution is 2.36. The van der Waals surface area contributed by atoms with Gasteiger partial charge in [0.25, 0.3) is 0 Å². The SMILES string of the molecule is COc1ccc(CCSc2nnnn2C2CC2)cc1. The van der Waals surface area contributed by atoms with Crippen molar-refractivity contribution in [2.75, 3.05) is 12.9 Å². The van der Waals surface area contributed by atoms with Crippen molar-refractivity contribution >= 4 is 11.8 Å². The van der Waals surface area contributed by atoms with Crippen LogP contribution in [0.3, 0.4) is 0 Å². The third-order valence-electron chi connectivity index (χ3n) is 3.14. The van der Waals surface area contributed by atoms with Gasteiger partial charge in [-0.2, -0.15) is 0 Å². The number of benzene rings is 1. The van der Waals surface area contributed by atoms with Crippen LogP contribution in [0.4, 0.5) is 0 Å². The Kier molecular flexibility index (Phi) is 3.68. The molecule has 3 rings (SSSR count). The van der Waals surface area contributed by atoms with Crippen LogP contribution in [-0.4, -0.2) is 33.1 Å². The summed E-state index contributed by atoms with van der Waals surface area (Å²) in [7, 11) is 1.68. The van der Waals surface area contributed by atoms with Crippen LogP contribution in [0.2, 0.25) is 0 Å². The Bertz CT molecular complexity index is 536. The molecule has 0 N–H and O–H groups in total. The van der Waals surface area contributed by atoms with Crippen LogP contribution in [0.1, 0.15) is 24.4 Å². The summed E-state index contributed by atoms with van der Waals surface area (Å²) < 4.78 is 7.10. The van der Waals surface area contributed by atoms with Crippen molar-refractivity contribution in [3.63, 3.8) is 0 Å². The van der Waals surface area contributed by atoms with E-state index in [1.165, 1.54) is 18.4 Å². The van der Waals surface area contributed by atoms with Crippen molar-refractivity contribution in [1.82, 2.24) is 20.2 Å². The normalized spacial score (nSPS) is 14.6. The van der Waals surface area contributed by atoms with Gasteiger partial charge in [-0.3, -0.25) is 0 Å². The first-order valence-electron chi connectivity index (χ1n) is 6.40. The summed E-state index contributed by atoms with van der Waals surface area (Å²) in [5.41, 5.74) is 1.30. The van der Waals surface area contributed by atoms with Gasteiger partial charge in [0.1, 0.15) is 5.75 Å². The average molecular weight is 276 g/mol. The Hall–Kier alpha value is -1.56. The van der Waals surface area contributed by atoms with Crippen LogP contribution in [0.15, 0.2) is 29.4 Å². The van der Waals surface area contributed by atoms with Crippen molar-refractivity contribution in [3.05, 3.63) is 29.8 Å². The molecule has 0 bridgehead atoms. The van der Waals surface area contributed by atoms with Gasteiger partial charge in [-0.05, 0) is 47.4 Å². The summed E-state index contributed by atoms with van der Waals surface area (Å²) in [4.78, 5) is 0. The topological polar surface area (TPSA) is 52.8 Å². The second-order valence-corrected chi connectivity index (χ2v) is 5.65. The number of thioether (sulfide) groups is 1. The van der Waals surface area contributed by atoms with E-state index in [1.807, 2.05) is 16.8 Å². The molecule has 1 aromatic heterocycles. The largest absolute Gasteiger partial charge is 0.497 e. The van der Waals surface area contributed by atoms with Gasteiger partial charge in [0.15, 0.2) is 0 Å². The third-order valence-corrected chi connectivity index (χ3v) is 4.07. The minimum Gasteiger partial charge on any atom is -0.497 e. The van der Waals surface area contributed by atoms with E-state index in [0.717, 1.165) is 23.1 Å². The van der Waals surface area contributed by atoms with E-state index >= 15 is 0 Å². The molecule has 0 amide bonds. The van der Waals surface area contributed by atoms with Crippen molar-refractivity contribution < 1.29 is 4.74 Å². The molecule has 1 fully saturated rings. The van der Waals surface area contributed by atoms with Gasteiger partial charge >= 0.3 is 0 Å². The molecule has 19 heavy (non-hydrogen) atoms. The van der Waals surface area contributed by atoms with Crippen molar-refractivity contribution in [3.8, 4) is 5.75 Å². The molecule has 2 aromatic rings. The molecular formula is C13H16N4OS. The van der Waals surface area contributed by atoms with Crippen LogP contribution in [0.25, 0.3) is 0 Å². The zero-order valence-electron chi connectivity index (χ0n) is 10.8. The number of hydrogen-bond donors (Lipinski definition) is 0. The molecule has 0 spiro atoms. The summed E-state index contributed by atoms with van der Waals surface area (Å²) in [5, 5.41) is 12.8. The van der Waals surface area contributed by atoms with Gasteiger partial charge in [-0.25, -0.2) is 4.68 Å². The fourth-order valence-electron chi connectivity index (χ4n) is 1.88. The predicted octanol–water partition coefficient (Wildman–Crippen LogP) is 2.35. The second-order valence-electron chi connectivity index (χ2n) is 4.58. The summed E-state index contributed by atoms with van der Waals surface area (Å²) in [6.07, 6.45) is 3.42. The molecule has 1 aliphatic carbocycles. The number of nitrogens with zero attached hydrogens (tertiary/aromatic N) is 4. The minimum atomic E-state index is 0.540. The first-order chi connectivity index (χ1) is 9.36. The zero-order chi connectivity index (χ0) is 13.1. The number of hydrogen-bond acceptors (Lipinski definition) is 5. The Balaban J connectivity index is 1.53. The average Bonchev–Trinajstić information content (AvgIpc) is 3.19. The molecular weight excluding hydrogens is 260 g/mol. The number of methoxy groups -OCH3 is 1. The highest BCUT2D eigenvalue weighted by Gasteiger charge is 2.27. The number of tetrazole rings is 1. The Morgan fingerprint density at radius 3 is 2.79 bits per heavy atom. The molecule has 0 radical (unpaired) electrons. The summed E-state index contributed by atoms with van der Waals surface area (Å²) in [6.45, 7) is 0. The molecule has 0 atom stereocenters. The lowest BCUT2D eigenvalue weighted by Crippen LogP contribution is -1.99. The maximum atomic E-state index is 5.15.